The molecule has 4 nitrogen and oxygen atoms in total. The molecule has 1 aliphatic rings. The first kappa shape index (κ1) is 11.5. The molecule has 1 aromatic rings. The van der Waals surface area contributed by atoms with Crippen molar-refractivity contribution < 1.29 is 5.11 Å². The minimum Gasteiger partial charge on any atom is -0.393 e. The van der Waals surface area contributed by atoms with E-state index in [1.165, 1.54) is 0 Å². The molecule has 0 aliphatic heterocycles. The molecule has 1 N–H and O–H groups in total. The molecule has 88 valence electrons. The van der Waals surface area contributed by atoms with Crippen LogP contribution in [-0.4, -0.2) is 39.7 Å². The van der Waals surface area contributed by atoms with Gasteiger partial charge in [-0.3, -0.25) is 0 Å². The highest BCUT2D eigenvalue weighted by Gasteiger charge is 2.25. The normalized spacial score (nSPS) is 25.2. The van der Waals surface area contributed by atoms with Crippen LogP contribution in [0.2, 0.25) is 0 Å². The standard InChI is InChI=1S/C12H19N3O/c1-15(7-10-5-13-9-14-6-10)8-11-3-2-4-12(11)16/h5-6,9,11-12,16H,2-4,7-8H2,1H3. The van der Waals surface area contributed by atoms with Crippen molar-refractivity contribution >= 4 is 0 Å². The maximum atomic E-state index is 9.75. The van der Waals surface area contributed by atoms with E-state index in [0.717, 1.165) is 37.9 Å². The van der Waals surface area contributed by atoms with Gasteiger partial charge in [-0.25, -0.2) is 9.97 Å². The Labute approximate surface area is 96.3 Å². The lowest BCUT2D eigenvalue weighted by Crippen LogP contribution is -2.29. The minimum absolute atomic E-state index is 0.102. The van der Waals surface area contributed by atoms with Gasteiger partial charge >= 0.3 is 0 Å². The summed E-state index contributed by atoms with van der Waals surface area (Å²) in [5, 5.41) is 9.75. The van der Waals surface area contributed by atoms with E-state index in [9.17, 15) is 5.11 Å². The number of nitrogens with zero attached hydrogens (tertiary/aromatic N) is 3. The zero-order chi connectivity index (χ0) is 11.4. The molecule has 0 spiro atoms. The Balaban J connectivity index is 1.82. The Morgan fingerprint density at radius 3 is 2.75 bits per heavy atom. The maximum absolute atomic E-state index is 9.75. The molecule has 0 radical (unpaired) electrons. The van der Waals surface area contributed by atoms with Gasteiger partial charge in [-0.05, 0) is 25.8 Å². The first-order chi connectivity index (χ1) is 7.75. The molecular formula is C12H19N3O. The summed E-state index contributed by atoms with van der Waals surface area (Å²) >= 11 is 0. The van der Waals surface area contributed by atoms with E-state index in [1.54, 1.807) is 6.33 Å². The van der Waals surface area contributed by atoms with Gasteiger partial charge in [0.2, 0.25) is 0 Å². The van der Waals surface area contributed by atoms with Gasteiger partial charge in [-0.15, -0.1) is 0 Å². The van der Waals surface area contributed by atoms with Crippen molar-refractivity contribution in [3.8, 4) is 0 Å². The molecule has 4 heteroatoms. The Morgan fingerprint density at radius 1 is 1.38 bits per heavy atom. The average molecular weight is 221 g/mol. The Bertz CT molecular complexity index is 317. The Morgan fingerprint density at radius 2 is 2.12 bits per heavy atom. The summed E-state index contributed by atoms with van der Waals surface area (Å²) in [5.41, 5.74) is 1.12. The molecular weight excluding hydrogens is 202 g/mol. The topological polar surface area (TPSA) is 49.2 Å². The molecule has 1 saturated carbocycles. The van der Waals surface area contributed by atoms with Crippen LogP contribution in [0.3, 0.4) is 0 Å². The highest BCUT2D eigenvalue weighted by atomic mass is 16.3. The van der Waals surface area contributed by atoms with Crippen LogP contribution in [0.4, 0.5) is 0 Å². The fourth-order valence-corrected chi connectivity index (χ4v) is 2.42. The summed E-state index contributed by atoms with van der Waals surface area (Å²) in [6, 6.07) is 0. The van der Waals surface area contributed by atoms with E-state index < -0.39 is 0 Å². The minimum atomic E-state index is -0.102. The molecule has 0 bridgehead atoms. The maximum Gasteiger partial charge on any atom is 0.115 e. The second-order valence-corrected chi connectivity index (χ2v) is 4.70. The van der Waals surface area contributed by atoms with Gasteiger partial charge in [0.25, 0.3) is 0 Å². The summed E-state index contributed by atoms with van der Waals surface area (Å²) in [6.45, 7) is 1.81. The largest absolute Gasteiger partial charge is 0.393 e. The van der Waals surface area contributed by atoms with Gasteiger partial charge in [0.15, 0.2) is 0 Å². The zero-order valence-corrected chi connectivity index (χ0v) is 9.71. The molecule has 1 aromatic heterocycles. The summed E-state index contributed by atoms with van der Waals surface area (Å²) < 4.78 is 0. The molecule has 1 fully saturated rings. The molecule has 0 aromatic carbocycles. The summed E-state index contributed by atoms with van der Waals surface area (Å²) in [5.74, 6) is 0.439. The van der Waals surface area contributed by atoms with Crippen LogP contribution in [0.25, 0.3) is 0 Å². The van der Waals surface area contributed by atoms with E-state index in [2.05, 4.69) is 21.9 Å². The summed E-state index contributed by atoms with van der Waals surface area (Å²) in [4.78, 5) is 10.2. The van der Waals surface area contributed by atoms with E-state index in [4.69, 9.17) is 0 Å². The van der Waals surface area contributed by atoms with Crippen molar-refractivity contribution in [1.82, 2.24) is 14.9 Å². The molecule has 2 atom stereocenters. The van der Waals surface area contributed by atoms with Gasteiger partial charge < -0.3 is 10.0 Å². The molecule has 0 amide bonds. The number of rotatable bonds is 4. The van der Waals surface area contributed by atoms with Crippen molar-refractivity contribution in [1.29, 1.82) is 0 Å². The van der Waals surface area contributed by atoms with Crippen LogP contribution in [0.15, 0.2) is 18.7 Å². The van der Waals surface area contributed by atoms with Gasteiger partial charge in [0.05, 0.1) is 6.10 Å². The average Bonchev–Trinajstić information content (AvgIpc) is 2.66. The number of hydrogen-bond acceptors (Lipinski definition) is 4. The summed E-state index contributed by atoms with van der Waals surface area (Å²) in [7, 11) is 2.08. The van der Waals surface area contributed by atoms with Crippen molar-refractivity contribution in [3.05, 3.63) is 24.3 Å². The van der Waals surface area contributed by atoms with Crippen molar-refractivity contribution in [3.63, 3.8) is 0 Å². The van der Waals surface area contributed by atoms with E-state index in [-0.39, 0.29) is 6.10 Å². The summed E-state index contributed by atoms with van der Waals surface area (Å²) in [6.07, 6.45) is 8.40. The van der Waals surface area contributed by atoms with Gasteiger partial charge in [0.1, 0.15) is 6.33 Å². The predicted octanol–water partition coefficient (Wildman–Crippen LogP) is 1.07. The third-order valence-corrected chi connectivity index (χ3v) is 3.23. The number of hydrogen-bond donors (Lipinski definition) is 1. The lowest BCUT2D eigenvalue weighted by Gasteiger charge is -2.22. The number of aliphatic hydroxyl groups is 1. The predicted molar refractivity (Wildman–Crippen MR) is 61.7 cm³/mol. The number of aromatic nitrogens is 2. The van der Waals surface area contributed by atoms with Crippen LogP contribution >= 0.6 is 0 Å². The third kappa shape index (κ3) is 3.00. The smallest absolute Gasteiger partial charge is 0.115 e. The van der Waals surface area contributed by atoms with Gasteiger partial charge in [-0.2, -0.15) is 0 Å². The van der Waals surface area contributed by atoms with Crippen LogP contribution in [0, 0.1) is 5.92 Å². The second kappa shape index (κ2) is 5.37. The third-order valence-electron chi connectivity index (χ3n) is 3.23. The second-order valence-electron chi connectivity index (χ2n) is 4.70. The van der Waals surface area contributed by atoms with E-state index in [1.807, 2.05) is 12.4 Å². The molecule has 2 rings (SSSR count). The van der Waals surface area contributed by atoms with E-state index in [0.29, 0.717) is 5.92 Å². The molecule has 2 unspecified atom stereocenters. The van der Waals surface area contributed by atoms with E-state index >= 15 is 0 Å². The monoisotopic (exact) mass is 221 g/mol. The molecule has 16 heavy (non-hydrogen) atoms. The van der Waals surface area contributed by atoms with Crippen LogP contribution < -0.4 is 0 Å². The SMILES string of the molecule is CN(Cc1cncnc1)CC1CCCC1O. The fourth-order valence-electron chi connectivity index (χ4n) is 2.42. The lowest BCUT2D eigenvalue weighted by molar-refractivity contribution is 0.108. The fraction of sp³-hybridized carbons (Fsp3) is 0.667. The van der Waals surface area contributed by atoms with Crippen molar-refractivity contribution in [2.45, 2.75) is 31.9 Å². The molecule has 0 saturated heterocycles. The highest BCUT2D eigenvalue weighted by molar-refractivity contribution is 5.01. The van der Waals surface area contributed by atoms with Crippen LogP contribution in [-0.2, 0) is 6.54 Å². The van der Waals surface area contributed by atoms with Crippen LogP contribution in [0.5, 0.6) is 0 Å². The Hall–Kier alpha value is -1.00. The molecule has 1 heterocycles. The highest BCUT2D eigenvalue weighted by Crippen LogP contribution is 2.26. The van der Waals surface area contributed by atoms with Crippen molar-refractivity contribution in [2.75, 3.05) is 13.6 Å². The quantitative estimate of drug-likeness (QED) is 0.826. The van der Waals surface area contributed by atoms with Crippen molar-refractivity contribution in [2.24, 2.45) is 5.92 Å². The van der Waals surface area contributed by atoms with Crippen LogP contribution in [0.1, 0.15) is 24.8 Å². The lowest BCUT2D eigenvalue weighted by atomic mass is 10.1. The first-order valence-electron chi connectivity index (χ1n) is 5.86. The number of aliphatic hydroxyl groups excluding tert-OH is 1. The first-order valence-corrected chi connectivity index (χ1v) is 5.86. The van der Waals surface area contributed by atoms with Gasteiger partial charge in [0, 0.05) is 31.0 Å². The molecule has 1 aliphatic carbocycles. The zero-order valence-electron chi connectivity index (χ0n) is 9.71. The Kier molecular flexibility index (Phi) is 3.85. The van der Waals surface area contributed by atoms with Gasteiger partial charge in [-0.1, -0.05) is 6.42 Å².